The monoisotopic (exact) mass is 325 g/mol. The third-order valence-electron chi connectivity index (χ3n) is 4.37. The molecule has 3 aromatic rings. The molecule has 0 atom stereocenters. The van der Waals surface area contributed by atoms with Gasteiger partial charge < -0.3 is 10.1 Å². The Morgan fingerprint density at radius 1 is 1.22 bits per heavy atom. The minimum Gasteiger partial charge on any atom is -0.376 e. The van der Waals surface area contributed by atoms with Crippen LogP contribution in [-0.4, -0.2) is 23.2 Å². The molecule has 0 spiro atoms. The summed E-state index contributed by atoms with van der Waals surface area (Å²) in [5, 5.41) is 5.43. The van der Waals surface area contributed by atoms with Crippen molar-refractivity contribution < 1.29 is 4.74 Å². The van der Waals surface area contributed by atoms with Crippen LogP contribution >= 0.6 is 11.6 Å². The zero-order valence-electron chi connectivity index (χ0n) is 12.7. The van der Waals surface area contributed by atoms with Gasteiger partial charge in [-0.25, -0.2) is 9.97 Å². The highest BCUT2D eigenvalue weighted by Gasteiger charge is 2.41. The quantitative estimate of drug-likeness (QED) is 0.792. The lowest BCUT2D eigenvalue weighted by Crippen LogP contribution is -2.53. The Labute approximate surface area is 139 Å². The standard InChI is InChI=1S/C18H16ClN3O/c1-12-15(3-2-4-16(12)19)18(9-23-10-18)22-14-6-5-13-8-20-11-21-17(13)7-14/h2-8,11,22H,9-10H2,1H3. The van der Waals surface area contributed by atoms with Gasteiger partial charge in [0, 0.05) is 22.3 Å². The predicted molar refractivity (Wildman–Crippen MR) is 91.8 cm³/mol. The lowest BCUT2D eigenvalue weighted by Gasteiger charge is -2.44. The summed E-state index contributed by atoms with van der Waals surface area (Å²) in [4.78, 5) is 8.36. The average Bonchev–Trinajstić information content (AvgIpc) is 2.54. The van der Waals surface area contributed by atoms with Gasteiger partial charge in [-0.2, -0.15) is 0 Å². The number of nitrogens with zero attached hydrogens (tertiary/aromatic N) is 2. The SMILES string of the molecule is Cc1c(Cl)cccc1C1(Nc2ccc3cncnc3c2)COC1. The molecule has 5 heteroatoms. The maximum absolute atomic E-state index is 6.30. The molecule has 2 heterocycles. The molecular formula is C18H16ClN3O. The number of anilines is 1. The van der Waals surface area contributed by atoms with Crippen molar-refractivity contribution in [2.45, 2.75) is 12.5 Å². The second-order valence-electron chi connectivity index (χ2n) is 5.91. The third kappa shape index (κ3) is 2.44. The summed E-state index contributed by atoms with van der Waals surface area (Å²) in [5.41, 5.74) is 3.96. The maximum Gasteiger partial charge on any atom is 0.116 e. The van der Waals surface area contributed by atoms with E-state index in [0.29, 0.717) is 13.2 Å². The Morgan fingerprint density at radius 3 is 2.87 bits per heavy atom. The highest BCUT2D eigenvalue weighted by Crippen LogP contribution is 2.37. The summed E-state index contributed by atoms with van der Waals surface area (Å²) < 4.78 is 5.52. The summed E-state index contributed by atoms with van der Waals surface area (Å²) in [7, 11) is 0. The fraction of sp³-hybridized carbons (Fsp3) is 0.222. The molecule has 1 aromatic heterocycles. The van der Waals surface area contributed by atoms with Gasteiger partial charge in [-0.1, -0.05) is 23.7 Å². The summed E-state index contributed by atoms with van der Waals surface area (Å²) in [6.45, 7) is 3.29. The van der Waals surface area contributed by atoms with E-state index in [-0.39, 0.29) is 5.54 Å². The summed E-state index contributed by atoms with van der Waals surface area (Å²) in [5.74, 6) is 0. The number of nitrogens with one attached hydrogen (secondary N) is 1. The lowest BCUT2D eigenvalue weighted by molar-refractivity contribution is -0.0449. The molecule has 116 valence electrons. The van der Waals surface area contributed by atoms with E-state index in [1.807, 2.05) is 43.5 Å². The fourth-order valence-electron chi connectivity index (χ4n) is 3.05. The first-order valence-electron chi connectivity index (χ1n) is 7.49. The normalized spacial score (nSPS) is 16.1. The van der Waals surface area contributed by atoms with Gasteiger partial charge in [0.05, 0.1) is 18.7 Å². The van der Waals surface area contributed by atoms with Crippen LogP contribution < -0.4 is 5.32 Å². The van der Waals surface area contributed by atoms with Gasteiger partial charge in [0.1, 0.15) is 11.9 Å². The molecule has 0 saturated carbocycles. The Balaban J connectivity index is 1.73. The van der Waals surface area contributed by atoms with Crippen molar-refractivity contribution in [3.8, 4) is 0 Å². The first-order valence-corrected chi connectivity index (χ1v) is 7.87. The molecule has 4 rings (SSSR count). The number of hydrogen-bond acceptors (Lipinski definition) is 4. The molecule has 2 aromatic carbocycles. The average molecular weight is 326 g/mol. The van der Waals surface area contributed by atoms with Crippen molar-refractivity contribution >= 4 is 28.2 Å². The van der Waals surface area contributed by atoms with Crippen molar-refractivity contribution in [3.63, 3.8) is 0 Å². The number of ether oxygens (including phenoxy) is 1. The fourth-order valence-corrected chi connectivity index (χ4v) is 3.23. The van der Waals surface area contributed by atoms with Gasteiger partial charge in [-0.15, -0.1) is 0 Å². The largest absolute Gasteiger partial charge is 0.376 e. The molecule has 0 amide bonds. The Bertz CT molecular complexity index is 877. The van der Waals surface area contributed by atoms with Gasteiger partial charge in [0.2, 0.25) is 0 Å². The smallest absolute Gasteiger partial charge is 0.116 e. The third-order valence-corrected chi connectivity index (χ3v) is 4.78. The first kappa shape index (κ1) is 14.4. The van der Waals surface area contributed by atoms with Crippen molar-refractivity contribution in [3.05, 3.63) is 65.1 Å². The number of halogens is 1. The van der Waals surface area contributed by atoms with Gasteiger partial charge in [-0.05, 0) is 42.3 Å². The van der Waals surface area contributed by atoms with Crippen LogP contribution in [0.4, 0.5) is 5.69 Å². The summed E-state index contributed by atoms with van der Waals surface area (Å²) >= 11 is 6.30. The minimum absolute atomic E-state index is 0.240. The summed E-state index contributed by atoms with van der Waals surface area (Å²) in [6.07, 6.45) is 3.38. The van der Waals surface area contributed by atoms with Gasteiger partial charge >= 0.3 is 0 Å². The maximum atomic E-state index is 6.30. The molecule has 1 saturated heterocycles. The summed E-state index contributed by atoms with van der Waals surface area (Å²) in [6, 6.07) is 12.1. The van der Waals surface area contributed by atoms with Crippen LogP contribution in [0.1, 0.15) is 11.1 Å². The van der Waals surface area contributed by atoms with Crippen LogP contribution in [0.15, 0.2) is 48.9 Å². The van der Waals surface area contributed by atoms with Crippen molar-refractivity contribution in [2.75, 3.05) is 18.5 Å². The molecule has 0 aliphatic carbocycles. The van der Waals surface area contributed by atoms with Crippen LogP contribution in [0.25, 0.3) is 10.9 Å². The molecule has 1 fully saturated rings. The molecule has 1 N–H and O–H groups in total. The number of hydrogen-bond donors (Lipinski definition) is 1. The van der Waals surface area contributed by atoms with E-state index in [9.17, 15) is 0 Å². The Morgan fingerprint density at radius 2 is 2.09 bits per heavy atom. The molecule has 0 unspecified atom stereocenters. The second-order valence-corrected chi connectivity index (χ2v) is 6.32. The minimum atomic E-state index is -0.240. The van der Waals surface area contributed by atoms with Crippen LogP contribution in [0.2, 0.25) is 5.02 Å². The van der Waals surface area contributed by atoms with E-state index in [0.717, 1.165) is 27.2 Å². The number of benzene rings is 2. The Kier molecular flexibility index (Phi) is 3.43. The van der Waals surface area contributed by atoms with Gasteiger partial charge in [-0.3, -0.25) is 0 Å². The molecular weight excluding hydrogens is 310 g/mol. The number of fused-ring (bicyclic) bond motifs is 1. The van der Waals surface area contributed by atoms with Crippen LogP contribution in [-0.2, 0) is 10.3 Å². The molecule has 0 radical (unpaired) electrons. The lowest BCUT2D eigenvalue weighted by atomic mass is 9.84. The van der Waals surface area contributed by atoms with Gasteiger partial charge in [0.25, 0.3) is 0 Å². The molecule has 0 bridgehead atoms. The van der Waals surface area contributed by atoms with E-state index < -0.39 is 0 Å². The van der Waals surface area contributed by atoms with Crippen LogP contribution in [0.5, 0.6) is 0 Å². The second kappa shape index (κ2) is 5.48. The van der Waals surface area contributed by atoms with Crippen molar-refractivity contribution in [2.24, 2.45) is 0 Å². The zero-order chi connectivity index (χ0) is 15.9. The van der Waals surface area contributed by atoms with Gasteiger partial charge in [0.15, 0.2) is 0 Å². The first-order chi connectivity index (χ1) is 11.2. The van der Waals surface area contributed by atoms with E-state index in [2.05, 4.69) is 21.4 Å². The number of aromatic nitrogens is 2. The predicted octanol–water partition coefficient (Wildman–Crippen LogP) is 3.93. The molecule has 1 aliphatic rings. The number of rotatable bonds is 3. The van der Waals surface area contributed by atoms with E-state index in [1.54, 1.807) is 6.33 Å². The molecule has 23 heavy (non-hydrogen) atoms. The van der Waals surface area contributed by atoms with E-state index in [1.165, 1.54) is 5.56 Å². The molecule has 1 aliphatic heterocycles. The van der Waals surface area contributed by atoms with Crippen LogP contribution in [0.3, 0.4) is 0 Å². The van der Waals surface area contributed by atoms with Crippen molar-refractivity contribution in [1.29, 1.82) is 0 Å². The molecule has 4 nitrogen and oxygen atoms in total. The highest BCUT2D eigenvalue weighted by molar-refractivity contribution is 6.31. The Hall–Kier alpha value is -2.17. The van der Waals surface area contributed by atoms with E-state index >= 15 is 0 Å². The van der Waals surface area contributed by atoms with Crippen LogP contribution in [0, 0.1) is 6.92 Å². The zero-order valence-corrected chi connectivity index (χ0v) is 13.5. The van der Waals surface area contributed by atoms with Crippen molar-refractivity contribution in [1.82, 2.24) is 9.97 Å². The topological polar surface area (TPSA) is 47.0 Å². The van der Waals surface area contributed by atoms with E-state index in [4.69, 9.17) is 16.3 Å². The highest BCUT2D eigenvalue weighted by atomic mass is 35.5.